The van der Waals surface area contributed by atoms with Gasteiger partial charge in [-0.25, -0.2) is 12.7 Å². The predicted molar refractivity (Wildman–Crippen MR) is 96.1 cm³/mol. The molecule has 1 aromatic carbocycles. The zero-order valence-electron chi connectivity index (χ0n) is 14.6. The van der Waals surface area contributed by atoms with Crippen molar-refractivity contribution >= 4 is 27.5 Å². The second-order valence-electron chi connectivity index (χ2n) is 5.73. The number of carbonyl (C=O) groups excluding carboxylic acids is 1. The number of halogens is 1. The molecule has 1 fully saturated rings. The molecule has 1 amide bonds. The molecule has 9 heteroatoms. The summed E-state index contributed by atoms with van der Waals surface area (Å²) in [5.41, 5.74) is 0.387. The summed E-state index contributed by atoms with van der Waals surface area (Å²) in [6, 6.07) is 3.15. The van der Waals surface area contributed by atoms with Crippen LogP contribution >= 0.6 is 11.6 Å². The van der Waals surface area contributed by atoms with Gasteiger partial charge in [-0.1, -0.05) is 11.6 Å². The number of sulfonamides is 1. The lowest BCUT2D eigenvalue weighted by Crippen LogP contribution is -2.37. The number of hydrogen-bond donors (Lipinski definition) is 0. The van der Waals surface area contributed by atoms with Crippen molar-refractivity contribution in [1.82, 2.24) is 9.21 Å². The normalized spacial score (nSPS) is 16.4. The molecule has 0 aliphatic carbocycles. The molecule has 0 unspecified atom stereocenters. The Kier molecular flexibility index (Phi) is 6.53. The molecule has 140 valence electrons. The van der Waals surface area contributed by atoms with Crippen molar-refractivity contribution in [2.24, 2.45) is 0 Å². The third-order valence-corrected chi connectivity index (χ3v) is 5.56. The van der Waals surface area contributed by atoms with Crippen molar-refractivity contribution in [3.05, 3.63) is 22.7 Å². The van der Waals surface area contributed by atoms with Crippen LogP contribution in [0, 0.1) is 0 Å². The Labute approximate surface area is 153 Å². The molecule has 2 rings (SSSR count). The minimum atomic E-state index is -3.25. The number of benzene rings is 1. The number of rotatable bonds is 5. The van der Waals surface area contributed by atoms with Gasteiger partial charge in [-0.3, -0.25) is 4.79 Å². The van der Waals surface area contributed by atoms with Gasteiger partial charge in [0.25, 0.3) is 5.91 Å². The fourth-order valence-corrected chi connectivity index (χ4v) is 3.88. The van der Waals surface area contributed by atoms with Crippen LogP contribution in [-0.4, -0.2) is 69.7 Å². The maximum absolute atomic E-state index is 12.8. The second-order valence-corrected chi connectivity index (χ2v) is 8.12. The Morgan fingerprint density at radius 1 is 1.24 bits per heavy atom. The van der Waals surface area contributed by atoms with Crippen molar-refractivity contribution in [3.8, 4) is 11.5 Å². The minimum Gasteiger partial charge on any atom is -0.493 e. The smallest absolute Gasteiger partial charge is 0.254 e. The van der Waals surface area contributed by atoms with Gasteiger partial charge in [0.1, 0.15) is 0 Å². The van der Waals surface area contributed by atoms with Crippen LogP contribution in [0.25, 0.3) is 0 Å². The standard InChI is InChI=1S/C16H23ClN2O5S/c1-4-24-15-13(17)10-12(11-14(15)23-2)16(20)18-6-5-7-19(9-8-18)25(3,21)22/h10-11H,4-9H2,1-3H3. The van der Waals surface area contributed by atoms with E-state index in [9.17, 15) is 13.2 Å². The Morgan fingerprint density at radius 2 is 1.96 bits per heavy atom. The first-order chi connectivity index (χ1) is 11.8. The number of carbonyl (C=O) groups is 1. The number of nitrogens with zero attached hydrogens (tertiary/aromatic N) is 2. The molecule has 0 radical (unpaired) electrons. The summed E-state index contributed by atoms with van der Waals surface area (Å²) in [6.45, 7) is 3.77. The predicted octanol–water partition coefficient (Wildman–Crippen LogP) is 1.85. The van der Waals surface area contributed by atoms with E-state index in [2.05, 4.69) is 0 Å². The highest BCUT2D eigenvalue weighted by atomic mass is 35.5. The molecule has 0 N–H and O–H groups in total. The second kappa shape index (κ2) is 8.25. The van der Waals surface area contributed by atoms with Crippen molar-refractivity contribution < 1.29 is 22.7 Å². The maximum atomic E-state index is 12.8. The van der Waals surface area contributed by atoms with Gasteiger partial charge in [0, 0.05) is 31.7 Å². The third kappa shape index (κ3) is 4.77. The first-order valence-electron chi connectivity index (χ1n) is 8.02. The fraction of sp³-hybridized carbons (Fsp3) is 0.562. The Morgan fingerprint density at radius 3 is 2.56 bits per heavy atom. The molecular formula is C16H23ClN2O5S. The van der Waals surface area contributed by atoms with E-state index in [1.165, 1.54) is 17.7 Å². The quantitative estimate of drug-likeness (QED) is 0.766. The van der Waals surface area contributed by atoms with Gasteiger partial charge >= 0.3 is 0 Å². The lowest BCUT2D eigenvalue weighted by molar-refractivity contribution is 0.0764. The Bertz CT molecular complexity index is 738. The van der Waals surface area contributed by atoms with Gasteiger partial charge in [-0.15, -0.1) is 0 Å². The fourth-order valence-electron chi connectivity index (χ4n) is 2.74. The molecule has 1 aliphatic rings. The maximum Gasteiger partial charge on any atom is 0.254 e. The first-order valence-corrected chi connectivity index (χ1v) is 10.2. The monoisotopic (exact) mass is 390 g/mol. The largest absolute Gasteiger partial charge is 0.493 e. The van der Waals surface area contributed by atoms with E-state index in [0.717, 1.165) is 0 Å². The van der Waals surface area contributed by atoms with E-state index < -0.39 is 10.0 Å². The summed E-state index contributed by atoms with van der Waals surface area (Å²) in [7, 11) is -1.77. The summed E-state index contributed by atoms with van der Waals surface area (Å²) in [6.07, 6.45) is 1.77. The highest BCUT2D eigenvalue weighted by molar-refractivity contribution is 7.88. The Balaban J connectivity index is 2.21. The minimum absolute atomic E-state index is 0.210. The van der Waals surface area contributed by atoms with Crippen LogP contribution < -0.4 is 9.47 Å². The average Bonchev–Trinajstić information content (AvgIpc) is 2.81. The SMILES string of the molecule is CCOc1c(Cl)cc(C(=O)N2CCCN(S(C)(=O)=O)CC2)cc1OC. The van der Waals surface area contributed by atoms with E-state index in [-0.39, 0.29) is 12.5 Å². The first kappa shape index (κ1) is 19.8. The molecule has 1 aromatic rings. The van der Waals surface area contributed by atoms with Crippen LogP contribution in [0.1, 0.15) is 23.7 Å². The Hall–Kier alpha value is -1.51. The van der Waals surface area contributed by atoms with Gasteiger partial charge in [-0.2, -0.15) is 0 Å². The molecule has 7 nitrogen and oxygen atoms in total. The van der Waals surface area contributed by atoms with Gasteiger partial charge in [0.15, 0.2) is 11.5 Å². The lowest BCUT2D eigenvalue weighted by Gasteiger charge is -2.22. The van der Waals surface area contributed by atoms with Gasteiger partial charge in [-0.05, 0) is 25.5 Å². The van der Waals surface area contributed by atoms with E-state index in [4.69, 9.17) is 21.1 Å². The number of hydrogen-bond acceptors (Lipinski definition) is 5. The van der Waals surface area contributed by atoms with Crippen molar-refractivity contribution in [3.63, 3.8) is 0 Å². The molecule has 1 aliphatic heterocycles. The van der Waals surface area contributed by atoms with Crippen LogP contribution in [0.15, 0.2) is 12.1 Å². The third-order valence-electron chi connectivity index (χ3n) is 3.98. The molecule has 0 atom stereocenters. The van der Waals surface area contributed by atoms with Crippen LogP contribution in [0.3, 0.4) is 0 Å². The van der Waals surface area contributed by atoms with Crippen LogP contribution in [0.5, 0.6) is 11.5 Å². The molecule has 0 saturated carbocycles. The van der Waals surface area contributed by atoms with E-state index in [1.54, 1.807) is 17.0 Å². The van der Waals surface area contributed by atoms with E-state index in [0.29, 0.717) is 54.7 Å². The number of amides is 1. The van der Waals surface area contributed by atoms with Crippen LogP contribution in [0.2, 0.25) is 5.02 Å². The summed E-state index contributed by atoms with van der Waals surface area (Å²) in [5, 5.41) is 0.303. The van der Waals surface area contributed by atoms with Crippen molar-refractivity contribution in [2.75, 3.05) is 46.2 Å². The summed E-state index contributed by atoms with van der Waals surface area (Å²) >= 11 is 6.23. The zero-order valence-corrected chi connectivity index (χ0v) is 16.2. The summed E-state index contributed by atoms with van der Waals surface area (Å²) < 4.78 is 35.5. The summed E-state index contributed by atoms with van der Waals surface area (Å²) in [4.78, 5) is 14.4. The molecule has 0 aromatic heterocycles. The highest BCUT2D eigenvalue weighted by Crippen LogP contribution is 2.36. The molecular weight excluding hydrogens is 368 g/mol. The average molecular weight is 391 g/mol. The lowest BCUT2D eigenvalue weighted by atomic mass is 10.1. The molecule has 0 spiro atoms. The highest BCUT2D eigenvalue weighted by Gasteiger charge is 2.25. The molecule has 1 saturated heterocycles. The van der Waals surface area contributed by atoms with E-state index >= 15 is 0 Å². The van der Waals surface area contributed by atoms with E-state index in [1.807, 2.05) is 6.92 Å². The van der Waals surface area contributed by atoms with Crippen LogP contribution in [-0.2, 0) is 10.0 Å². The number of methoxy groups -OCH3 is 1. The van der Waals surface area contributed by atoms with Gasteiger partial charge in [0.05, 0.1) is 25.0 Å². The van der Waals surface area contributed by atoms with Crippen LogP contribution in [0.4, 0.5) is 0 Å². The molecule has 1 heterocycles. The van der Waals surface area contributed by atoms with Crippen molar-refractivity contribution in [2.45, 2.75) is 13.3 Å². The van der Waals surface area contributed by atoms with Crippen molar-refractivity contribution in [1.29, 1.82) is 0 Å². The summed E-state index contributed by atoms with van der Waals surface area (Å²) in [5.74, 6) is 0.589. The topological polar surface area (TPSA) is 76.2 Å². The number of ether oxygens (including phenoxy) is 2. The van der Waals surface area contributed by atoms with Gasteiger partial charge in [0.2, 0.25) is 10.0 Å². The zero-order chi connectivity index (χ0) is 18.6. The van der Waals surface area contributed by atoms with Gasteiger partial charge < -0.3 is 14.4 Å². The molecule has 25 heavy (non-hydrogen) atoms. The molecule has 0 bridgehead atoms.